The first-order chi connectivity index (χ1) is 18.4. The van der Waals surface area contributed by atoms with Crippen LogP contribution in [0.25, 0.3) is 17.2 Å². The summed E-state index contributed by atoms with van der Waals surface area (Å²) in [6.45, 7) is 0.0773. The normalized spacial score (nSPS) is 16.5. The lowest BCUT2D eigenvalue weighted by atomic mass is 10.1. The molecule has 2 N–H and O–H groups in total. The number of benzene rings is 1. The molecule has 0 radical (unpaired) electrons. The van der Waals surface area contributed by atoms with Crippen LogP contribution in [-0.4, -0.2) is 73.2 Å². The van der Waals surface area contributed by atoms with Gasteiger partial charge in [0.25, 0.3) is 11.8 Å². The third-order valence-electron chi connectivity index (χ3n) is 6.16. The van der Waals surface area contributed by atoms with E-state index < -0.39 is 54.4 Å². The van der Waals surface area contributed by atoms with Crippen LogP contribution in [-0.2, 0) is 11.0 Å². The van der Waals surface area contributed by atoms with Crippen LogP contribution in [0.4, 0.5) is 22.0 Å². The highest BCUT2D eigenvalue weighted by atomic mass is 19.4. The van der Waals surface area contributed by atoms with Crippen LogP contribution in [0.15, 0.2) is 48.7 Å². The summed E-state index contributed by atoms with van der Waals surface area (Å²) in [5.74, 6) is -5.63. The Bertz CT molecular complexity index is 1320. The molecule has 1 unspecified atom stereocenters. The second-order valence-electron chi connectivity index (χ2n) is 9.19. The smallest absolute Gasteiger partial charge is 0.418 e. The summed E-state index contributed by atoms with van der Waals surface area (Å²) in [6, 6.07) is 8.34. The van der Waals surface area contributed by atoms with Gasteiger partial charge in [0.1, 0.15) is 5.69 Å². The lowest BCUT2D eigenvalue weighted by Gasteiger charge is -2.33. The number of nitrogens with one attached hydrogen (secondary N) is 1. The standard InChI is InChI=1S/C25H25F5N6O3/c26-24(27)10-5-12-35(15-24)13-9-16(14-20(37)38)32-23(39)21-33-22(18-7-3-4-11-31-18)36(34-21)19-8-2-1-6-17(19)25(28,29)30/h1-4,6-8,11,16H,5,9-10,12-15H2,(H,32,39)(H,37,38). The fourth-order valence-electron chi connectivity index (χ4n) is 4.40. The van der Waals surface area contributed by atoms with Crippen LogP contribution in [0.5, 0.6) is 0 Å². The van der Waals surface area contributed by atoms with E-state index in [0.29, 0.717) is 13.0 Å². The van der Waals surface area contributed by atoms with Crippen molar-refractivity contribution in [1.29, 1.82) is 0 Å². The maximum atomic E-state index is 13.8. The predicted octanol–water partition coefficient (Wildman–Crippen LogP) is 4.04. The van der Waals surface area contributed by atoms with Crippen LogP contribution < -0.4 is 5.32 Å². The molecule has 1 aliphatic heterocycles. The van der Waals surface area contributed by atoms with Crippen LogP contribution in [0.3, 0.4) is 0 Å². The van der Waals surface area contributed by atoms with Crippen molar-refractivity contribution >= 4 is 11.9 Å². The molecule has 0 bridgehead atoms. The Labute approximate surface area is 219 Å². The van der Waals surface area contributed by atoms with Crippen LogP contribution >= 0.6 is 0 Å². The molecular formula is C25H25F5N6O3. The lowest BCUT2D eigenvalue weighted by Crippen LogP contribution is -2.45. The van der Waals surface area contributed by atoms with E-state index in [0.717, 1.165) is 10.7 Å². The number of rotatable bonds is 9. The highest BCUT2D eigenvalue weighted by molar-refractivity contribution is 5.91. The van der Waals surface area contributed by atoms with Crippen LogP contribution in [0.1, 0.15) is 41.9 Å². The lowest BCUT2D eigenvalue weighted by molar-refractivity contribution is -0.138. The third-order valence-corrected chi connectivity index (χ3v) is 6.16. The highest BCUT2D eigenvalue weighted by Crippen LogP contribution is 2.35. The number of piperidine rings is 1. The van der Waals surface area contributed by atoms with Crippen molar-refractivity contribution in [1.82, 2.24) is 30.0 Å². The summed E-state index contributed by atoms with van der Waals surface area (Å²) >= 11 is 0. The summed E-state index contributed by atoms with van der Waals surface area (Å²) in [5.41, 5.74) is -1.25. The summed E-state index contributed by atoms with van der Waals surface area (Å²) in [4.78, 5) is 34.2. The summed E-state index contributed by atoms with van der Waals surface area (Å²) in [7, 11) is 0. The average molecular weight is 553 g/mol. The molecule has 1 atom stereocenters. The molecule has 1 saturated heterocycles. The van der Waals surface area contributed by atoms with E-state index in [9.17, 15) is 36.6 Å². The van der Waals surface area contributed by atoms with Crippen LogP contribution in [0, 0.1) is 0 Å². The van der Waals surface area contributed by atoms with Crippen molar-refractivity contribution in [3.63, 3.8) is 0 Å². The number of carboxylic acids is 1. The van der Waals surface area contributed by atoms with E-state index >= 15 is 0 Å². The monoisotopic (exact) mass is 552 g/mol. The van der Waals surface area contributed by atoms with E-state index in [-0.39, 0.29) is 36.6 Å². The molecule has 9 nitrogen and oxygen atoms in total. The summed E-state index contributed by atoms with van der Waals surface area (Å²) in [5, 5.41) is 15.8. The molecule has 4 rings (SSSR count). The number of hydrogen-bond acceptors (Lipinski definition) is 6. The number of carbonyl (C=O) groups excluding carboxylic acids is 1. The number of likely N-dealkylation sites (tertiary alicyclic amines) is 1. The number of alkyl halides is 5. The summed E-state index contributed by atoms with van der Waals surface area (Å²) in [6.07, 6.45) is -3.70. The minimum absolute atomic E-state index is 0.0544. The quantitative estimate of drug-likeness (QED) is 0.385. The number of hydrogen-bond donors (Lipinski definition) is 2. The van der Waals surface area contributed by atoms with Gasteiger partial charge in [-0.25, -0.2) is 18.4 Å². The molecule has 0 saturated carbocycles. The molecule has 2 aromatic heterocycles. The number of amides is 1. The van der Waals surface area contributed by atoms with E-state index in [2.05, 4.69) is 20.4 Å². The molecule has 1 aromatic carbocycles. The maximum Gasteiger partial charge on any atom is 0.418 e. The molecule has 3 heterocycles. The van der Waals surface area contributed by atoms with E-state index in [1.165, 1.54) is 35.4 Å². The van der Waals surface area contributed by atoms with E-state index in [1.807, 2.05) is 0 Å². The Morgan fingerprint density at radius 2 is 1.87 bits per heavy atom. The number of aromatic nitrogens is 4. The van der Waals surface area contributed by atoms with Gasteiger partial charge in [0.15, 0.2) is 5.82 Å². The molecule has 1 fully saturated rings. The second-order valence-corrected chi connectivity index (χ2v) is 9.19. The largest absolute Gasteiger partial charge is 0.481 e. The molecule has 1 amide bonds. The Hall–Kier alpha value is -3.94. The first-order valence-corrected chi connectivity index (χ1v) is 12.1. The second kappa shape index (κ2) is 11.4. The van der Waals surface area contributed by atoms with Gasteiger partial charge in [-0.05, 0) is 43.7 Å². The number of aliphatic carboxylic acids is 1. The molecular weight excluding hydrogens is 527 g/mol. The van der Waals surface area contributed by atoms with Crippen molar-refractivity contribution in [3.05, 3.63) is 60.0 Å². The number of para-hydroxylation sites is 1. The van der Waals surface area contributed by atoms with Gasteiger partial charge >= 0.3 is 12.1 Å². The van der Waals surface area contributed by atoms with Gasteiger partial charge < -0.3 is 10.4 Å². The molecule has 14 heteroatoms. The SMILES string of the molecule is O=C(O)CC(CCN1CCCC(F)(F)C1)NC(=O)c1nc(-c2ccccn2)n(-c2ccccc2C(F)(F)F)n1. The average Bonchev–Trinajstić information content (AvgIpc) is 3.32. The number of nitrogens with zero attached hydrogens (tertiary/aromatic N) is 5. The molecule has 0 aliphatic carbocycles. The van der Waals surface area contributed by atoms with E-state index in [1.54, 1.807) is 12.1 Å². The molecule has 39 heavy (non-hydrogen) atoms. The molecule has 1 aliphatic rings. The van der Waals surface area contributed by atoms with Gasteiger partial charge in [-0.1, -0.05) is 18.2 Å². The first-order valence-electron chi connectivity index (χ1n) is 12.1. The van der Waals surface area contributed by atoms with Crippen molar-refractivity contribution in [2.45, 2.75) is 43.8 Å². The third kappa shape index (κ3) is 7.13. The van der Waals surface area contributed by atoms with Gasteiger partial charge in [0, 0.05) is 25.2 Å². The van der Waals surface area contributed by atoms with Gasteiger partial charge in [0.05, 0.1) is 24.2 Å². The number of halogens is 5. The Morgan fingerprint density at radius 1 is 1.13 bits per heavy atom. The zero-order chi connectivity index (χ0) is 28.2. The highest BCUT2D eigenvalue weighted by Gasteiger charge is 2.36. The molecule has 0 spiro atoms. The summed E-state index contributed by atoms with van der Waals surface area (Å²) < 4.78 is 69.6. The van der Waals surface area contributed by atoms with Gasteiger partial charge in [-0.15, -0.1) is 5.10 Å². The fourth-order valence-corrected chi connectivity index (χ4v) is 4.40. The fraction of sp³-hybridized carbons (Fsp3) is 0.400. The van der Waals surface area contributed by atoms with Crippen LogP contribution in [0.2, 0.25) is 0 Å². The zero-order valence-corrected chi connectivity index (χ0v) is 20.5. The Kier molecular flexibility index (Phi) is 8.23. The Morgan fingerprint density at radius 3 is 2.54 bits per heavy atom. The zero-order valence-electron chi connectivity index (χ0n) is 20.5. The number of pyridine rings is 1. The minimum Gasteiger partial charge on any atom is -0.481 e. The predicted molar refractivity (Wildman–Crippen MR) is 128 cm³/mol. The topological polar surface area (TPSA) is 113 Å². The number of carbonyl (C=O) groups is 2. The maximum absolute atomic E-state index is 13.8. The first kappa shape index (κ1) is 28.1. The van der Waals surface area contributed by atoms with Crippen molar-refractivity contribution in [2.75, 3.05) is 19.6 Å². The minimum atomic E-state index is -4.73. The van der Waals surface area contributed by atoms with Gasteiger partial charge in [-0.2, -0.15) is 13.2 Å². The van der Waals surface area contributed by atoms with Gasteiger partial charge in [0.2, 0.25) is 5.82 Å². The van der Waals surface area contributed by atoms with Crippen molar-refractivity contribution in [2.24, 2.45) is 0 Å². The Balaban J connectivity index is 1.62. The number of carboxylic acid groups (broad SMARTS) is 1. The molecule has 3 aromatic rings. The van der Waals surface area contributed by atoms with Gasteiger partial charge in [-0.3, -0.25) is 19.5 Å². The molecule has 208 valence electrons. The van der Waals surface area contributed by atoms with E-state index in [4.69, 9.17) is 0 Å². The van der Waals surface area contributed by atoms with Crippen molar-refractivity contribution in [3.8, 4) is 17.2 Å². The van der Waals surface area contributed by atoms with Crippen molar-refractivity contribution < 1.29 is 36.6 Å².